The molecular weight excluding hydrogens is 354 g/mol. The van der Waals surface area contributed by atoms with Gasteiger partial charge in [0.15, 0.2) is 0 Å². The maximum atomic E-state index is 12.6. The van der Waals surface area contributed by atoms with Gasteiger partial charge in [0.25, 0.3) is 5.91 Å². The monoisotopic (exact) mass is 375 g/mol. The van der Waals surface area contributed by atoms with E-state index in [0.717, 1.165) is 16.3 Å². The minimum atomic E-state index is -0.859. The fraction of sp³-hybridized carbons (Fsp3) is 0.136. The van der Waals surface area contributed by atoms with Crippen LogP contribution in [0, 0.1) is 0 Å². The van der Waals surface area contributed by atoms with Gasteiger partial charge < -0.3 is 16.4 Å². The van der Waals surface area contributed by atoms with Crippen molar-refractivity contribution in [2.75, 3.05) is 5.32 Å². The summed E-state index contributed by atoms with van der Waals surface area (Å²) in [5.41, 5.74) is 7.30. The predicted molar refractivity (Wildman–Crippen MR) is 109 cm³/mol. The fourth-order valence-corrected chi connectivity index (χ4v) is 3.10. The summed E-state index contributed by atoms with van der Waals surface area (Å²) in [6, 6.07) is 19.3. The molecule has 0 spiro atoms. The third-order valence-corrected chi connectivity index (χ3v) is 4.40. The second kappa shape index (κ2) is 8.35. The zero-order chi connectivity index (χ0) is 20.1. The Hall–Kier alpha value is -3.67. The lowest BCUT2D eigenvalue weighted by Crippen LogP contribution is -2.45. The summed E-state index contributed by atoms with van der Waals surface area (Å²) in [6.07, 6.45) is 0.286. The number of hydrogen-bond acceptors (Lipinski definition) is 3. The molecule has 28 heavy (non-hydrogen) atoms. The predicted octanol–water partition coefficient (Wildman–Crippen LogP) is 2.62. The highest BCUT2D eigenvalue weighted by atomic mass is 16.2. The van der Waals surface area contributed by atoms with Crippen molar-refractivity contribution in [3.8, 4) is 0 Å². The number of amides is 3. The molecule has 0 unspecified atom stereocenters. The van der Waals surface area contributed by atoms with Crippen molar-refractivity contribution in [2.24, 2.45) is 5.73 Å². The largest absolute Gasteiger partial charge is 0.368 e. The van der Waals surface area contributed by atoms with E-state index >= 15 is 0 Å². The zero-order valence-corrected chi connectivity index (χ0v) is 15.4. The first-order valence-corrected chi connectivity index (χ1v) is 8.88. The van der Waals surface area contributed by atoms with Crippen molar-refractivity contribution in [3.05, 3.63) is 77.9 Å². The summed E-state index contributed by atoms with van der Waals surface area (Å²) in [5, 5.41) is 7.39. The van der Waals surface area contributed by atoms with Gasteiger partial charge in [-0.05, 0) is 34.5 Å². The highest BCUT2D eigenvalue weighted by molar-refractivity contribution is 5.99. The SMILES string of the molecule is CC(=O)Nc1cccc(C(=O)N[C@H](Cc2cccc3ccccc23)C(N)=O)c1. The van der Waals surface area contributed by atoms with Crippen LogP contribution in [-0.2, 0) is 16.0 Å². The summed E-state index contributed by atoms with van der Waals surface area (Å²) in [6.45, 7) is 1.39. The van der Waals surface area contributed by atoms with Crippen LogP contribution in [0.25, 0.3) is 10.8 Å². The van der Waals surface area contributed by atoms with Gasteiger partial charge in [0.05, 0.1) is 0 Å². The lowest BCUT2D eigenvalue weighted by molar-refractivity contribution is -0.119. The average Bonchev–Trinajstić information content (AvgIpc) is 2.67. The summed E-state index contributed by atoms with van der Waals surface area (Å²) in [5.74, 6) is -1.28. The third kappa shape index (κ3) is 4.54. The Bertz CT molecular complexity index is 1040. The van der Waals surface area contributed by atoms with Gasteiger partial charge in [-0.25, -0.2) is 0 Å². The van der Waals surface area contributed by atoms with E-state index in [0.29, 0.717) is 11.3 Å². The van der Waals surface area contributed by atoms with Crippen LogP contribution >= 0.6 is 0 Å². The second-order valence-corrected chi connectivity index (χ2v) is 6.53. The van der Waals surface area contributed by atoms with Crippen LogP contribution in [0.5, 0.6) is 0 Å². The maximum absolute atomic E-state index is 12.6. The van der Waals surface area contributed by atoms with Crippen molar-refractivity contribution in [3.63, 3.8) is 0 Å². The summed E-state index contributed by atoms with van der Waals surface area (Å²) < 4.78 is 0. The Morgan fingerprint density at radius 1 is 0.964 bits per heavy atom. The minimum absolute atomic E-state index is 0.233. The van der Waals surface area contributed by atoms with Crippen molar-refractivity contribution >= 4 is 34.2 Å². The Kier molecular flexibility index (Phi) is 5.69. The molecule has 142 valence electrons. The molecule has 6 nitrogen and oxygen atoms in total. The number of fused-ring (bicyclic) bond motifs is 1. The molecule has 0 aliphatic rings. The van der Waals surface area contributed by atoms with Crippen molar-refractivity contribution in [2.45, 2.75) is 19.4 Å². The van der Waals surface area contributed by atoms with Gasteiger partial charge in [-0.1, -0.05) is 48.5 Å². The molecule has 4 N–H and O–H groups in total. The fourth-order valence-electron chi connectivity index (χ4n) is 3.10. The van der Waals surface area contributed by atoms with E-state index in [1.165, 1.54) is 6.92 Å². The van der Waals surface area contributed by atoms with Crippen LogP contribution in [0.2, 0.25) is 0 Å². The van der Waals surface area contributed by atoms with Crippen LogP contribution in [0.1, 0.15) is 22.8 Å². The van der Waals surface area contributed by atoms with Gasteiger partial charge in [0.1, 0.15) is 6.04 Å². The van der Waals surface area contributed by atoms with E-state index in [-0.39, 0.29) is 12.3 Å². The molecule has 0 aliphatic heterocycles. The number of carbonyl (C=O) groups excluding carboxylic acids is 3. The Balaban J connectivity index is 1.80. The molecule has 0 bridgehead atoms. The first-order valence-electron chi connectivity index (χ1n) is 8.88. The second-order valence-electron chi connectivity index (χ2n) is 6.53. The van der Waals surface area contributed by atoms with Crippen molar-refractivity contribution in [1.29, 1.82) is 0 Å². The lowest BCUT2D eigenvalue weighted by atomic mass is 9.98. The van der Waals surface area contributed by atoms with Crippen LogP contribution in [0.15, 0.2) is 66.7 Å². The summed E-state index contributed by atoms with van der Waals surface area (Å²) in [7, 11) is 0. The number of rotatable bonds is 6. The number of anilines is 1. The third-order valence-electron chi connectivity index (χ3n) is 4.40. The Labute approximate surface area is 162 Å². The number of carbonyl (C=O) groups is 3. The van der Waals surface area contributed by atoms with Crippen LogP contribution in [-0.4, -0.2) is 23.8 Å². The average molecular weight is 375 g/mol. The van der Waals surface area contributed by atoms with E-state index in [1.54, 1.807) is 24.3 Å². The molecule has 3 aromatic rings. The molecule has 1 atom stereocenters. The number of nitrogens with one attached hydrogen (secondary N) is 2. The van der Waals surface area contributed by atoms with E-state index in [2.05, 4.69) is 10.6 Å². The first kappa shape index (κ1) is 19.1. The Morgan fingerprint density at radius 3 is 2.43 bits per heavy atom. The lowest BCUT2D eigenvalue weighted by Gasteiger charge is -2.17. The number of nitrogens with two attached hydrogens (primary N) is 1. The number of primary amides is 1. The van der Waals surface area contributed by atoms with Crippen LogP contribution in [0.4, 0.5) is 5.69 Å². The highest BCUT2D eigenvalue weighted by Crippen LogP contribution is 2.20. The van der Waals surface area contributed by atoms with E-state index in [1.807, 2.05) is 42.5 Å². The van der Waals surface area contributed by atoms with Gasteiger partial charge in [-0.2, -0.15) is 0 Å². The molecule has 0 aliphatic carbocycles. The summed E-state index contributed by atoms with van der Waals surface area (Å²) >= 11 is 0. The molecule has 0 fully saturated rings. The van der Waals surface area contributed by atoms with Crippen molar-refractivity contribution in [1.82, 2.24) is 5.32 Å². The molecular formula is C22H21N3O3. The Morgan fingerprint density at radius 2 is 1.68 bits per heavy atom. The first-order chi connectivity index (χ1) is 13.4. The molecule has 0 saturated heterocycles. The van der Waals surface area contributed by atoms with Gasteiger partial charge >= 0.3 is 0 Å². The van der Waals surface area contributed by atoms with Crippen LogP contribution in [0.3, 0.4) is 0 Å². The summed E-state index contributed by atoms with van der Waals surface area (Å²) in [4.78, 5) is 35.8. The van der Waals surface area contributed by atoms with E-state index < -0.39 is 17.9 Å². The number of benzene rings is 3. The number of hydrogen-bond donors (Lipinski definition) is 3. The van der Waals surface area contributed by atoms with E-state index in [4.69, 9.17) is 5.73 Å². The molecule has 6 heteroatoms. The molecule has 3 aromatic carbocycles. The zero-order valence-electron chi connectivity index (χ0n) is 15.4. The smallest absolute Gasteiger partial charge is 0.252 e. The topological polar surface area (TPSA) is 101 Å². The normalized spacial score (nSPS) is 11.6. The minimum Gasteiger partial charge on any atom is -0.368 e. The molecule has 3 rings (SSSR count). The molecule has 0 saturated carbocycles. The van der Waals surface area contributed by atoms with E-state index in [9.17, 15) is 14.4 Å². The van der Waals surface area contributed by atoms with Gasteiger partial charge in [0, 0.05) is 24.6 Å². The standard InChI is InChI=1S/C22H21N3O3/c1-14(26)24-18-10-5-9-17(12-18)22(28)25-20(21(23)27)13-16-8-4-7-15-6-2-3-11-19(15)16/h2-12,20H,13H2,1H3,(H2,23,27)(H,24,26)(H,25,28)/t20-/m1/s1. The molecule has 0 heterocycles. The van der Waals surface area contributed by atoms with Gasteiger partial charge in [-0.3, -0.25) is 14.4 Å². The van der Waals surface area contributed by atoms with Crippen LogP contribution < -0.4 is 16.4 Å². The highest BCUT2D eigenvalue weighted by Gasteiger charge is 2.20. The molecule has 3 amide bonds. The molecule has 0 aromatic heterocycles. The van der Waals surface area contributed by atoms with Gasteiger partial charge in [-0.15, -0.1) is 0 Å². The maximum Gasteiger partial charge on any atom is 0.252 e. The molecule has 0 radical (unpaired) electrons. The quantitative estimate of drug-likeness (QED) is 0.617. The van der Waals surface area contributed by atoms with Gasteiger partial charge in [0.2, 0.25) is 11.8 Å². The van der Waals surface area contributed by atoms with Crippen molar-refractivity contribution < 1.29 is 14.4 Å².